The number of carbonyl (C=O) groups excluding carboxylic acids is 1. The topological polar surface area (TPSA) is 82.1 Å². The van der Waals surface area contributed by atoms with Gasteiger partial charge in [-0.15, -0.1) is 0 Å². The summed E-state index contributed by atoms with van der Waals surface area (Å²) in [5, 5.41) is 7.60. The highest BCUT2D eigenvalue weighted by Crippen LogP contribution is 2.20. The van der Waals surface area contributed by atoms with E-state index in [1.165, 1.54) is 0 Å². The summed E-state index contributed by atoms with van der Waals surface area (Å²) in [6.45, 7) is 9.18. The normalized spacial score (nSPS) is 16.8. The summed E-state index contributed by atoms with van der Waals surface area (Å²) in [4.78, 5) is 21.1. The van der Waals surface area contributed by atoms with Crippen LogP contribution < -0.4 is 4.74 Å². The summed E-state index contributed by atoms with van der Waals surface area (Å²) < 4.78 is 16.2. The van der Waals surface area contributed by atoms with Crippen LogP contribution in [0.4, 0.5) is 0 Å². The summed E-state index contributed by atoms with van der Waals surface area (Å²) >= 11 is 0. The number of esters is 1. The second-order valence-electron chi connectivity index (χ2n) is 5.39. The predicted molar refractivity (Wildman–Crippen MR) is 93.2 cm³/mol. The van der Waals surface area contributed by atoms with Crippen LogP contribution in [0.1, 0.15) is 26.2 Å². The zero-order chi connectivity index (χ0) is 18.7. The average molecular weight is 348 g/mol. The molecule has 0 bridgehead atoms. The second-order valence-corrected chi connectivity index (χ2v) is 5.39. The van der Waals surface area contributed by atoms with E-state index in [-0.39, 0.29) is 6.10 Å². The summed E-state index contributed by atoms with van der Waals surface area (Å²) in [7, 11) is 0. The quantitative estimate of drug-likeness (QED) is 0.462. The maximum atomic E-state index is 11.9. The Kier molecular flexibility index (Phi) is 9.03. The highest BCUT2D eigenvalue weighted by molar-refractivity contribution is 5.87. The van der Waals surface area contributed by atoms with Crippen molar-refractivity contribution in [2.24, 2.45) is 0 Å². The number of carbonyl (C=O) groups is 2. The third kappa shape index (κ3) is 8.72. The smallest absolute Gasteiger partial charge is 0.336 e. The first kappa shape index (κ1) is 20.4. The van der Waals surface area contributed by atoms with Crippen molar-refractivity contribution in [3.8, 4) is 5.75 Å². The molecule has 1 aliphatic rings. The summed E-state index contributed by atoms with van der Waals surface area (Å²) in [5.74, 6) is -0.744. The number of aliphatic carboxylic acids is 1. The van der Waals surface area contributed by atoms with Gasteiger partial charge in [-0.1, -0.05) is 31.4 Å². The molecule has 1 saturated heterocycles. The summed E-state index contributed by atoms with van der Waals surface area (Å²) in [6.07, 6.45) is 2.83. The average Bonchev–Trinajstić information content (AvgIpc) is 3.09. The minimum absolute atomic E-state index is 0.0976. The molecule has 6 nitrogen and oxygen atoms in total. The van der Waals surface area contributed by atoms with Crippen molar-refractivity contribution in [3.63, 3.8) is 0 Å². The van der Waals surface area contributed by atoms with Gasteiger partial charge >= 0.3 is 11.9 Å². The van der Waals surface area contributed by atoms with Gasteiger partial charge in [0, 0.05) is 31.6 Å². The molecule has 136 valence electrons. The lowest BCUT2D eigenvalue weighted by Crippen LogP contribution is -2.23. The molecule has 2 rings (SSSR count). The molecular formula is C19H24O6. The van der Waals surface area contributed by atoms with E-state index in [2.05, 4.69) is 13.2 Å². The van der Waals surface area contributed by atoms with E-state index in [4.69, 9.17) is 19.3 Å². The van der Waals surface area contributed by atoms with E-state index in [0.29, 0.717) is 17.7 Å². The number of hydrogen-bond donors (Lipinski definition) is 1. The Hall–Kier alpha value is -2.60. The maximum Gasteiger partial charge on any atom is 0.336 e. The molecule has 6 heteroatoms. The van der Waals surface area contributed by atoms with Gasteiger partial charge in [-0.2, -0.15) is 0 Å². The van der Waals surface area contributed by atoms with E-state index < -0.39 is 18.2 Å². The van der Waals surface area contributed by atoms with Crippen LogP contribution in [0.2, 0.25) is 0 Å². The molecular weight excluding hydrogens is 324 g/mol. The number of para-hydroxylation sites is 1. The Labute approximate surface area is 147 Å². The van der Waals surface area contributed by atoms with Crippen molar-refractivity contribution in [3.05, 3.63) is 55.1 Å². The van der Waals surface area contributed by atoms with Gasteiger partial charge in [0.2, 0.25) is 6.29 Å². The van der Waals surface area contributed by atoms with E-state index in [9.17, 15) is 9.59 Å². The first-order chi connectivity index (χ1) is 11.9. The van der Waals surface area contributed by atoms with Gasteiger partial charge < -0.3 is 19.3 Å². The first-order valence-electron chi connectivity index (χ1n) is 7.99. The third-order valence-corrected chi connectivity index (χ3v) is 3.28. The number of rotatable bonds is 7. The standard InChI is InChI=1S/C16H20O4.C3H4O2/c1-12(11-15-9-6-10-18-15)16(17)20-13(2)19-14-7-4-3-5-8-14;1-2-3(4)5/h3-5,7-8,13,15H,1,6,9-11H2,2H3;2H,1H2,(H,4,5). The van der Waals surface area contributed by atoms with E-state index in [1.807, 2.05) is 30.3 Å². The molecule has 1 aliphatic heterocycles. The molecule has 0 aromatic heterocycles. The van der Waals surface area contributed by atoms with Crippen LogP contribution in [0, 0.1) is 0 Å². The lowest BCUT2D eigenvalue weighted by molar-refractivity contribution is -0.156. The van der Waals surface area contributed by atoms with Gasteiger partial charge in [0.15, 0.2) is 0 Å². The monoisotopic (exact) mass is 348 g/mol. The SMILES string of the molecule is C=C(CC1CCCO1)C(=O)OC(C)Oc1ccccc1.C=CC(=O)O. The van der Waals surface area contributed by atoms with Gasteiger partial charge in [-0.3, -0.25) is 0 Å². The minimum Gasteiger partial charge on any atom is -0.478 e. The molecule has 25 heavy (non-hydrogen) atoms. The first-order valence-corrected chi connectivity index (χ1v) is 7.99. The van der Waals surface area contributed by atoms with Gasteiger partial charge in [0.05, 0.1) is 6.10 Å². The number of carboxylic acid groups (broad SMARTS) is 1. The van der Waals surface area contributed by atoms with Crippen LogP contribution in [0.5, 0.6) is 5.75 Å². The molecule has 0 spiro atoms. The maximum absolute atomic E-state index is 11.9. The van der Waals surface area contributed by atoms with Crippen molar-refractivity contribution in [2.45, 2.75) is 38.6 Å². The predicted octanol–water partition coefficient (Wildman–Crippen LogP) is 3.34. The van der Waals surface area contributed by atoms with Crippen molar-refractivity contribution >= 4 is 11.9 Å². The molecule has 0 amide bonds. The molecule has 1 aromatic rings. The highest BCUT2D eigenvalue weighted by atomic mass is 16.7. The largest absolute Gasteiger partial charge is 0.478 e. The molecule has 0 radical (unpaired) electrons. The third-order valence-electron chi connectivity index (χ3n) is 3.28. The molecule has 1 fully saturated rings. The lowest BCUT2D eigenvalue weighted by atomic mass is 10.1. The van der Waals surface area contributed by atoms with Crippen molar-refractivity contribution in [1.29, 1.82) is 0 Å². The fourth-order valence-corrected chi connectivity index (χ4v) is 2.11. The van der Waals surface area contributed by atoms with Gasteiger partial charge in [0.25, 0.3) is 0 Å². The van der Waals surface area contributed by atoms with Gasteiger partial charge in [0.1, 0.15) is 5.75 Å². The van der Waals surface area contributed by atoms with E-state index in [1.54, 1.807) is 6.92 Å². The summed E-state index contributed by atoms with van der Waals surface area (Å²) in [5.41, 5.74) is 0.431. The molecule has 1 heterocycles. The Morgan fingerprint density at radius 1 is 1.40 bits per heavy atom. The molecule has 1 N–H and O–H groups in total. The van der Waals surface area contributed by atoms with Crippen LogP contribution in [0.3, 0.4) is 0 Å². The zero-order valence-electron chi connectivity index (χ0n) is 14.3. The van der Waals surface area contributed by atoms with Crippen LogP contribution in [-0.4, -0.2) is 36.0 Å². The molecule has 0 aliphatic carbocycles. The Morgan fingerprint density at radius 2 is 2.04 bits per heavy atom. The number of carboxylic acids is 1. The van der Waals surface area contributed by atoms with Crippen molar-refractivity contribution in [1.82, 2.24) is 0 Å². The van der Waals surface area contributed by atoms with E-state index in [0.717, 1.165) is 25.5 Å². The number of benzene rings is 1. The fourth-order valence-electron chi connectivity index (χ4n) is 2.11. The van der Waals surface area contributed by atoms with Gasteiger partial charge in [-0.05, 0) is 25.0 Å². The van der Waals surface area contributed by atoms with Gasteiger partial charge in [-0.25, -0.2) is 9.59 Å². The van der Waals surface area contributed by atoms with Crippen molar-refractivity contribution in [2.75, 3.05) is 6.61 Å². The molecule has 2 unspecified atom stereocenters. The van der Waals surface area contributed by atoms with Crippen LogP contribution in [0.15, 0.2) is 55.1 Å². The van der Waals surface area contributed by atoms with Crippen molar-refractivity contribution < 1.29 is 28.9 Å². The molecule has 1 aromatic carbocycles. The van der Waals surface area contributed by atoms with Crippen LogP contribution >= 0.6 is 0 Å². The fraction of sp³-hybridized carbons (Fsp3) is 0.368. The molecule has 2 atom stereocenters. The highest BCUT2D eigenvalue weighted by Gasteiger charge is 2.21. The molecule has 0 saturated carbocycles. The Morgan fingerprint density at radius 3 is 2.56 bits per heavy atom. The number of hydrogen-bond acceptors (Lipinski definition) is 5. The zero-order valence-corrected chi connectivity index (χ0v) is 14.3. The lowest BCUT2D eigenvalue weighted by Gasteiger charge is -2.17. The number of ether oxygens (including phenoxy) is 3. The van der Waals surface area contributed by atoms with E-state index >= 15 is 0 Å². The van der Waals surface area contributed by atoms with Crippen LogP contribution in [0.25, 0.3) is 0 Å². The summed E-state index contributed by atoms with van der Waals surface area (Å²) in [6, 6.07) is 9.24. The minimum atomic E-state index is -0.981. The Balaban J connectivity index is 0.000000550. The van der Waals surface area contributed by atoms with Crippen LogP contribution in [-0.2, 0) is 19.1 Å². The second kappa shape index (κ2) is 11.0. The Bertz CT molecular complexity index is 575.